The van der Waals surface area contributed by atoms with Gasteiger partial charge in [-0.15, -0.1) is 0 Å². The molecule has 0 spiro atoms. The van der Waals surface area contributed by atoms with Crippen molar-refractivity contribution in [3.63, 3.8) is 0 Å². The smallest absolute Gasteiger partial charge is 0.321 e. The molecule has 0 unspecified atom stereocenters. The van der Waals surface area contributed by atoms with E-state index in [9.17, 15) is 4.79 Å². The minimum Gasteiger partial charge on any atom is -0.321 e. The van der Waals surface area contributed by atoms with Gasteiger partial charge < -0.3 is 15.8 Å². The third-order valence-electron chi connectivity index (χ3n) is 4.90. The number of hydrogen-bond donors (Lipinski definition) is 3. The fraction of sp³-hybridized carbons (Fsp3) is 0.286. The lowest BCUT2D eigenvalue weighted by Gasteiger charge is -2.11. The van der Waals surface area contributed by atoms with Crippen molar-refractivity contribution in [3.05, 3.63) is 76.1 Å². The molecule has 152 valence electrons. The Morgan fingerprint density at radius 1 is 1.24 bits per heavy atom. The van der Waals surface area contributed by atoms with E-state index in [4.69, 9.17) is 11.7 Å². The second kappa shape index (κ2) is 9.20. The highest BCUT2D eigenvalue weighted by atomic mass is 16.1. The first-order valence-electron chi connectivity index (χ1n) is 9.63. The van der Waals surface area contributed by atoms with Crippen LogP contribution in [0.15, 0.2) is 58.7 Å². The number of aryl methyl sites for hydroxylation is 2. The Morgan fingerprint density at radius 2 is 2.03 bits per heavy atom. The highest BCUT2D eigenvalue weighted by molar-refractivity contribution is 6.03. The molecule has 0 fully saturated rings. The van der Waals surface area contributed by atoms with Crippen LogP contribution in [0.2, 0.25) is 0 Å². The molecule has 8 heteroatoms. The van der Waals surface area contributed by atoms with Gasteiger partial charge in [-0.25, -0.2) is 10.6 Å². The van der Waals surface area contributed by atoms with Crippen LogP contribution in [0.4, 0.5) is 0 Å². The number of nitrogens with zero attached hydrogens (tertiary/aromatic N) is 4. The molecule has 3 rings (SSSR count). The number of nitrogens with one attached hydrogen (secondary N) is 1. The molecule has 0 saturated carbocycles. The Hall–Kier alpha value is -3.39. The molecule has 0 bridgehead atoms. The quantitative estimate of drug-likeness (QED) is 0.245. The third-order valence-corrected chi connectivity index (χ3v) is 4.90. The summed E-state index contributed by atoms with van der Waals surface area (Å²) in [6.07, 6.45) is 6.74. The number of rotatable bonds is 7. The van der Waals surface area contributed by atoms with Crippen LogP contribution in [-0.2, 0) is 20.0 Å². The molecule has 3 aromatic rings. The number of benzene rings is 1. The van der Waals surface area contributed by atoms with E-state index in [1.165, 1.54) is 0 Å². The Labute approximate surface area is 169 Å². The molecule has 5 N–H and O–H groups in total. The van der Waals surface area contributed by atoms with E-state index in [0.717, 1.165) is 47.3 Å². The lowest BCUT2D eigenvalue weighted by molar-refractivity contribution is 0.666. The van der Waals surface area contributed by atoms with E-state index in [2.05, 4.69) is 22.4 Å². The van der Waals surface area contributed by atoms with Crippen molar-refractivity contribution in [2.24, 2.45) is 23.8 Å². The van der Waals surface area contributed by atoms with Gasteiger partial charge in [0.2, 0.25) is 0 Å². The van der Waals surface area contributed by atoms with E-state index in [0.29, 0.717) is 12.4 Å². The summed E-state index contributed by atoms with van der Waals surface area (Å²) in [7, 11) is 1.79. The molecule has 0 amide bonds. The molecule has 0 aliphatic carbocycles. The van der Waals surface area contributed by atoms with E-state index >= 15 is 0 Å². The van der Waals surface area contributed by atoms with Gasteiger partial charge in [0.25, 0.3) is 0 Å². The van der Waals surface area contributed by atoms with Gasteiger partial charge in [0.05, 0.1) is 12.2 Å². The summed E-state index contributed by atoms with van der Waals surface area (Å²) in [5, 5.41) is 3.69. The molecular formula is C21H27N7O. The second-order valence-electron chi connectivity index (χ2n) is 6.92. The largest absolute Gasteiger partial charge is 0.328 e. The van der Waals surface area contributed by atoms with Crippen LogP contribution in [0.1, 0.15) is 36.6 Å². The van der Waals surface area contributed by atoms with E-state index in [1.807, 2.05) is 47.2 Å². The molecule has 2 heterocycles. The van der Waals surface area contributed by atoms with Crippen LogP contribution in [0, 0.1) is 0 Å². The summed E-state index contributed by atoms with van der Waals surface area (Å²) < 4.78 is 3.45. The van der Waals surface area contributed by atoms with E-state index in [1.54, 1.807) is 17.8 Å². The maximum absolute atomic E-state index is 12.5. The molecule has 29 heavy (non-hydrogen) atoms. The number of hydrazine groups is 1. The van der Waals surface area contributed by atoms with Crippen LogP contribution in [0.25, 0.3) is 11.3 Å². The van der Waals surface area contributed by atoms with Crippen LogP contribution in [0.5, 0.6) is 0 Å². The first kappa shape index (κ1) is 20.3. The van der Waals surface area contributed by atoms with Crippen molar-refractivity contribution < 1.29 is 0 Å². The molecule has 0 aliphatic heterocycles. The summed E-state index contributed by atoms with van der Waals surface area (Å²) in [6.45, 7) is 2.64. The topological polar surface area (TPSA) is 116 Å². The van der Waals surface area contributed by atoms with E-state index < -0.39 is 0 Å². The molecular weight excluding hydrogens is 366 g/mol. The van der Waals surface area contributed by atoms with Gasteiger partial charge in [-0.1, -0.05) is 43.7 Å². The van der Waals surface area contributed by atoms with Crippen molar-refractivity contribution in [1.29, 1.82) is 0 Å². The molecule has 0 radical (unpaired) electrons. The number of nitrogens with two attached hydrogens (primary N) is 2. The fourth-order valence-electron chi connectivity index (χ4n) is 3.35. The second-order valence-corrected chi connectivity index (χ2v) is 6.92. The van der Waals surface area contributed by atoms with Crippen molar-refractivity contribution in [2.45, 2.75) is 32.7 Å². The van der Waals surface area contributed by atoms with Crippen molar-refractivity contribution in [3.8, 4) is 11.3 Å². The Bertz CT molecular complexity index is 1050. The SMILES string of the molecule is CCCCc1cn(C)c(=O)n1Cc1ccc(-c2ccccc2/C(=N/N)NN)nc1. The van der Waals surface area contributed by atoms with Crippen LogP contribution >= 0.6 is 0 Å². The zero-order valence-electron chi connectivity index (χ0n) is 16.8. The number of amidine groups is 1. The maximum atomic E-state index is 12.5. The predicted molar refractivity (Wildman–Crippen MR) is 115 cm³/mol. The normalized spacial score (nSPS) is 11.6. The van der Waals surface area contributed by atoms with Gasteiger partial charge in [0.15, 0.2) is 5.84 Å². The zero-order valence-corrected chi connectivity index (χ0v) is 16.8. The lowest BCUT2D eigenvalue weighted by Crippen LogP contribution is -2.32. The summed E-state index contributed by atoms with van der Waals surface area (Å²) in [4.78, 5) is 17.1. The standard InChI is InChI=1S/C21H27N7O/c1-3-4-7-16-14-27(2)21(29)28(16)13-15-10-11-19(24-12-15)17-8-5-6-9-18(17)20(25-22)26-23/h5-6,8-12,14H,3-4,7,13,22-23H2,1-2H3,(H,25,26). The monoisotopic (exact) mass is 393 g/mol. The van der Waals surface area contributed by atoms with Gasteiger partial charge in [-0.05, 0) is 24.5 Å². The Balaban J connectivity index is 1.89. The fourth-order valence-corrected chi connectivity index (χ4v) is 3.35. The average Bonchev–Trinajstić information content (AvgIpc) is 3.02. The minimum absolute atomic E-state index is 0.0108. The number of pyridine rings is 1. The molecule has 1 aromatic carbocycles. The first-order valence-corrected chi connectivity index (χ1v) is 9.63. The maximum Gasteiger partial charge on any atom is 0.328 e. The number of aromatic nitrogens is 3. The number of hydrogen-bond acceptors (Lipinski definition) is 5. The predicted octanol–water partition coefficient (Wildman–Crippen LogP) is 1.72. The third kappa shape index (κ3) is 4.38. The zero-order chi connectivity index (χ0) is 20.8. The van der Waals surface area contributed by atoms with Gasteiger partial charge >= 0.3 is 5.69 Å². The minimum atomic E-state index is -0.0108. The molecule has 0 aliphatic rings. The highest BCUT2D eigenvalue weighted by Gasteiger charge is 2.12. The van der Waals surface area contributed by atoms with Gasteiger partial charge in [0.1, 0.15) is 0 Å². The number of imidazole rings is 1. The van der Waals surface area contributed by atoms with Gasteiger partial charge in [-0.3, -0.25) is 9.55 Å². The molecule has 2 aromatic heterocycles. The van der Waals surface area contributed by atoms with E-state index in [-0.39, 0.29) is 5.69 Å². The molecule has 0 saturated heterocycles. The summed E-state index contributed by atoms with van der Waals surface area (Å²) in [5.74, 6) is 11.3. The van der Waals surface area contributed by atoms with Crippen molar-refractivity contribution in [1.82, 2.24) is 19.5 Å². The highest BCUT2D eigenvalue weighted by Crippen LogP contribution is 2.22. The molecule has 8 nitrogen and oxygen atoms in total. The van der Waals surface area contributed by atoms with Gasteiger partial charge in [0, 0.05) is 36.3 Å². The van der Waals surface area contributed by atoms with Crippen LogP contribution in [0.3, 0.4) is 0 Å². The van der Waals surface area contributed by atoms with Crippen molar-refractivity contribution >= 4 is 5.84 Å². The lowest BCUT2D eigenvalue weighted by atomic mass is 10.0. The number of unbranched alkanes of at least 4 members (excludes halogenated alkanes) is 1. The Kier molecular flexibility index (Phi) is 6.46. The van der Waals surface area contributed by atoms with Crippen LogP contribution < -0.4 is 22.8 Å². The van der Waals surface area contributed by atoms with Crippen LogP contribution in [-0.4, -0.2) is 20.0 Å². The summed E-state index contributed by atoms with van der Waals surface area (Å²) in [5.41, 5.74) is 6.90. The average molecular weight is 393 g/mol. The summed E-state index contributed by atoms with van der Waals surface area (Å²) >= 11 is 0. The molecule has 0 atom stereocenters. The first-order chi connectivity index (χ1) is 14.1. The van der Waals surface area contributed by atoms with Gasteiger partial charge in [-0.2, -0.15) is 5.10 Å². The number of hydrazone groups is 1. The summed E-state index contributed by atoms with van der Waals surface area (Å²) in [6, 6.07) is 11.5. The Morgan fingerprint density at radius 3 is 2.69 bits per heavy atom. The van der Waals surface area contributed by atoms with Crippen molar-refractivity contribution in [2.75, 3.05) is 0 Å².